The molecule has 0 N–H and O–H groups in total. The van der Waals surface area contributed by atoms with Crippen LogP contribution < -0.4 is 0 Å². The highest BCUT2D eigenvalue weighted by Gasteiger charge is 2.23. The van der Waals surface area contributed by atoms with E-state index < -0.39 is 34.1 Å². The third-order valence-electron chi connectivity index (χ3n) is 0.651. The van der Waals surface area contributed by atoms with Gasteiger partial charge in [0.1, 0.15) is 0 Å². The molecule has 0 spiro atoms. The van der Waals surface area contributed by atoms with E-state index in [-0.39, 0.29) is 0 Å². The van der Waals surface area contributed by atoms with Gasteiger partial charge in [-0.2, -0.15) is 0 Å². The summed E-state index contributed by atoms with van der Waals surface area (Å²) in [5.41, 5.74) is 0. The lowest BCUT2D eigenvalue weighted by Crippen LogP contribution is -2.29. The van der Waals surface area contributed by atoms with Gasteiger partial charge in [-0.05, 0) is 13.1 Å². The van der Waals surface area contributed by atoms with Crippen LogP contribution in [0.3, 0.4) is 0 Å². The first-order valence-corrected chi connectivity index (χ1v) is 11.6. The molecule has 0 unspecified atom stereocenters. The van der Waals surface area contributed by atoms with Crippen molar-refractivity contribution >= 4 is 34.1 Å². The Kier molecular flexibility index (Phi) is 4.85. The Morgan fingerprint density at radius 3 is 2.20 bits per heavy atom. The van der Waals surface area contributed by atoms with Gasteiger partial charge in [0.05, 0.1) is 0 Å². The molecular formula is C2H8O4Si4. The van der Waals surface area contributed by atoms with E-state index in [0.717, 1.165) is 0 Å². The molecule has 0 atom stereocenters. The molecule has 4 nitrogen and oxygen atoms in total. The van der Waals surface area contributed by atoms with Gasteiger partial charge in [0.2, 0.25) is 9.04 Å². The fraction of sp³-hybridized carbons (Fsp3) is 1.00. The predicted octanol–water partition coefficient (Wildman–Crippen LogP) is -1.32. The highest BCUT2D eigenvalue weighted by atomic mass is 29.6. The molecule has 0 amide bonds. The highest BCUT2D eigenvalue weighted by molar-refractivity contribution is 7.30. The summed E-state index contributed by atoms with van der Waals surface area (Å²) in [6.07, 6.45) is 0. The van der Waals surface area contributed by atoms with Gasteiger partial charge < -0.3 is 17.5 Å². The van der Waals surface area contributed by atoms with Gasteiger partial charge in [-0.1, -0.05) is 0 Å². The van der Waals surface area contributed by atoms with Crippen LogP contribution in [-0.4, -0.2) is 34.1 Å². The first-order chi connectivity index (χ1) is 4.57. The molecule has 56 valence electrons. The van der Waals surface area contributed by atoms with E-state index in [0.29, 0.717) is 0 Å². The first-order valence-electron chi connectivity index (χ1n) is 2.78. The second-order valence-electron chi connectivity index (χ2n) is 1.94. The molecule has 0 fully saturated rings. The quantitative estimate of drug-likeness (QED) is 0.538. The normalized spacial score (nSPS) is 9.10. The first kappa shape index (κ1) is 10.1. The van der Waals surface area contributed by atoms with Crippen LogP contribution in [0.25, 0.3) is 0 Å². The fourth-order valence-corrected chi connectivity index (χ4v) is 8.75. The topological polar surface area (TPSA) is 60.4 Å². The lowest BCUT2D eigenvalue weighted by atomic mass is 11.9. The Morgan fingerprint density at radius 2 is 1.90 bits per heavy atom. The van der Waals surface area contributed by atoms with Crippen molar-refractivity contribution in [2.24, 2.45) is 0 Å². The molecule has 0 aromatic rings. The largest absolute Gasteiger partial charge is 0.580 e. The monoisotopic (exact) mass is 208 g/mol. The minimum atomic E-state index is -2.44. The third-order valence-corrected chi connectivity index (χ3v) is 10.1. The van der Waals surface area contributed by atoms with E-state index >= 15 is 0 Å². The Hall–Kier alpha value is 0.0675. The third kappa shape index (κ3) is 3.98. The molecule has 0 heterocycles. The van der Waals surface area contributed by atoms with Crippen molar-refractivity contribution in [3.8, 4) is 0 Å². The number of hydrogen-bond acceptors (Lipinski definition) is 4. The Balaban J connectivity index is 3.85. The van der Waals surface area contributed by atoms with Crippen molar-refractivity contribution in [1.82, 2.24) is 0 Å². The zero-order valence-electron chi connectivity index (χ0n) is 5.79. The molecular weight excluding hydrogens is 200 g/mol. The summed E-state index contributed by atoms with van der Waals surface area (Å²) in [6.45, 7) is 3.66. The van der Waals surface area contributed by atoms with Gasteiger partial charge in [0.15, 0.2) is 0 Å². The van der Waals surface area contributed by atoms with Gasteiger partial charge in [-0.25, -0.2) is 0 Å². The predicted molar refractivity (Wildman–Crippen MR) is 40.7 cm³/mol. The molecule has 0 rings (SSSR count). The maximum absolute atomic E-state index is 10.7. The van der Waals surface area contributed by atoms with E-state index in [1.54, 1.807) is 0 Å². The van der Waals surface area contributed by atoms with Gasteiger partial charge in [0, 0.05) is 0 Å². The van der Waals surface area contributed by atoms with Crippen molar-refractivity contribution in [3.63, 3.8) is 0 Å². The molecule has 0 bridgehead atoms. The molecule has 0 aromatic carbocycles. The second kappa shape index (κ2) is 4.82. The Bertz CT molecular complexity index is 165. The lowest BCUT2D eigenvalue weighted by Gasteiger charge is -2.01. The van der Waals surface area contributed by atoms with Crippen LogP contribution in [-0.2, 0) is 17.5 Å². The summed E-state index contributed by atoms with van der Waals surface area (Å²) in [7, 11) is -7.56. The second-order valence-corrected chi connectivity index (χ2v) is 13.2. The van der Waals surface area contributed by atoms with E-state index in [9.17, 15) is 13.4 Å². The van der Waals surface area contributed by atoms with Crippen LogP contribution in [0.5, 0.6) is 0 Å². The number of hydrogen-bond donors (Lipinski definition) is 0. The minimum absolute atomic E-state index is 1.37. The van der Waals surface area contributed by atoms with Gasteiger partial charge in [-0.3, -0.25) is 0 Å². The molecule has 0 aliphatic rings. The van der Waals surface area contributed by atoms with Crippen LogP contribution in [0.15, 0.2) is 0 Å². The molecule has 0 aromatic heterocycles. The molecule has 0 aliphatic carbocycles. The molecule has 8 heteroatoms. The van der Waals surface area contributed by atoms with E-state index in [1.165, 1.54) is 0 Å². The zero-order valence-corrected chi connectivity index (χ0v) is 10.1. The van der Waals surface area contributed by atoms with Crippen molar-refractivity contribution < 1.29 is 17.5 Å². The van der Waals surface area contributed by atoms with Crippen molar-refractivity contribution in [2.75, 3.05) is 0 Å². The van der Waals surface area contributed by atoms with Gasteiger partial charge in [-0.15, -0.1) is 0 Å². The van der Waals surface area contributed by atoms with Gasteiger partial charge >= 0.3 is 25.1 Å². The molecule has 0 saturated heterocycles. The Labute approximate surface area is 65.2 Å². The summed E-state index contributed by atoms with van der Waals surface area (Å²) in [5, 5.41) is 0. The summed E-state index contributed by atoms with van der Waals surface area (Å²) in [6, 6.07) is 0. The Morgan fingerprint density at radius 1 is 1.40 bits per heavy atom. The lowest BCUT2D eigenvalue weighted by molar-refractivity contribution is 0.471. The van der Waals surface area contributed by atoms with Crippen LogP contribution in [0.1, 0.15) is 0 Å². The SMILES string of the molecule is C[SiH](C)O[Si](=O)[Si](=O)[SiH]=O. The van der Waals surface area contributed by atoms with E-state index in [1.807, 2.05) is 13.1 Å². The summed E-state index contributed by atoms with van der Waals surface area (Å²) >= 11 is 0. The standard InChI is InChI=1S/C2H8O4Si4/c1-8(2)6-9(4)10(5)7-3/h7-8H,1-2H3. The average molecular weight is 208 g/mol. The maximum Gasteiger partial charge on any atom is 0.531 e. The van der Waals surface area contributed by atoms with Gasteiger partial charge in [0.25, 0.3) is 0 Å². The molecule has 0 aliphatic heterocycles. The molecule has 10 heavy (non-hydrogen) atoms. The average Bonchev–Trinajstić information content (AvgIpc) is 1.85. The summed E-state index contributed by atoms with van der Waals surface area (Å²) < 4.78 is 36.2. The minimum Gasteiger partial charge on any atom is -0.580 e. The van der Waals surface area contributed by atoms with Crippen molar-refractivity contribution in [1.29, 1.82) is 0 Å². The maximum atomic E-state index is 10.7. The van der Waals surface area contributed by atoms with Crippen LogP contribution in [0, 0.1) is 0 Å². The molecule has 0 saturated carbocycles. The van der Waals surface area contributed by atoms with Crippen molar-refractivity contribution in [3.05, 3.63) is 0 Å². The number of rotatable bonds is 4. The fourth-order valence-electron chi connectivity index (χ4n) is 0.320. The van der Waals surface area contributed by atoms with Crippen molar-refractivity contribution in [2.45, 2.75) is 13.1 Å². The van der Waals surface area contributed by atoms with Crippen LogP contribution in [0.4, 0.5) is 0 Å². The zero-order chi connectivity index (χ0) is 8.15. The summed E-state index contributed by atoms with van der Waals surface area (Å²) in [4.78, 5) is 0. The highest BCUT2D eigenvalue weighted by Crippen LogP contribution is 1.82. The smallest absolute Gasteiger partial charge is 0.531 e. The van der Waals surface area contributed by atoms with Crippen LogP contribution >= 0.6 is 0 Å². The van der Waals surface area contributed by atoms with E-state index in [2.05, 4.69) is 0 Å². The van der Waals surface area contributed by atoms with Crippen LogP contribution in [0.2, 0.25) is 13.1 Å². The molecule has 0 radical (unpaired) electrons. The summed E-state index contributed by atoms with van der Waals surface area (Å²) in [5.74, 6) is 0. The van der Waals surface area contributed by atoms with E-state index in [4.69, 9.17) is 4.12 Å².